The quantitative estimate of drug-likeness (QED) is 0.835. The first-order chi connectivity index (χ1) is 12.8. The monoisotopic (exact) mass is 374 g/mol. The molecule has 4 rings (SSSR count). The number of rotatable bonds is 3. The van der Waals surface area contributed by atoms with Crippen molar-refractivity contribution < 1.29 is 32.6 Å². The normalized spacial score (nSPS) is 17.3. The summed E-state index contributed by atoms with van der Waals surface area (Å²) in [6.07, 6.45) is -3.39. The second kappa shape index (κ2) is 6.04. The number of benzene rings is 2. The average Bonchev–Trinajstić information content (AvgIpc) is 3.11. The summed E-state index contributed by atoms with van der Waals surface area (Å²) in [6, 6.07) is 9.81. The number of nitrogens with zero attached hydrogens (tertiary/aromatic N) is 1. The lowest BCUT2D eigenvalue weighted by atomic mass is 10.1. The van der Waals surface area contributed by atoms with Crippen LogP contribution in [0.15, 0.2) is 42.5 Å². The molecule has 27 heavy (non-hydrogen) atoms. The van der Waals surface area contributed by atoms with Crippen LogP contribution < -0.4 is 19.7 Å². The molecule has 0 spiro atoms. The summed E-state index contributed by atoms with van der Waals surface area (Å²) in [5.74, 6) is -1.36. The molecule has 2 aromatic carbocycles. The van der Waals surface area contributed by atoms with Gasteiger partial charge in [-0.3, -0.25) is 19.3 Å². The zero-order valence-electron chi connectivity index (χ0n) is 13.7. The van der Waals surface area contributed by atoms with Gasteiger partial charge in [-0.1, -0.05) is 0 Å². The van der Waals surface area contributed by atoms with Crippen LogP contribution in [0.25, 0.3) is 0 Å². The number of halogens is 2. The van der Waals surface area contributed by atoms with Crippen LogP contribution in [0.5, 0.6) is 11.5 Å². The maximum absolute atomic E-state index is 13.0. The minimum absolute atomic E-state index is 0.123. The van der Waals surface area contributed by atoms with E-state index in [1.54, 1.807) is 0 Å². The predicted molar refractivity (Wildman–Crippen MR) is 88.8 cm³/mol. The van der Waals surface area contributed by atoms with Crippen molar-refractivity contribution in [3.8, 4) is 11.5 Å². The average molecular weight is 374 g/mol. The van der Waals surface area contributed by atoms with E-state index >= 15 is 0 Å². The number of alkyl halides is 2. The first kappa shape index (κ1) is 17.0. The molecule has 2 aromatic rings. The number of carbonyl (C=O) groups is 3. The lowest BCUT2D eigenvalue weighted by Crippen LogP contribution is -2.28. The fraction of sp³-hybridized carbons (Fsp3) is 0.167. The van der Waals surface area contributed by atoms with Crippen molar-refractivity contribution in [2.75, 3.05) is 10.2 Å². The van der Waals surface area contributed by atoms with Crippen molar-refractivity contribution in [1.29, 1.82) is 0 Å². The van der Waals surface area contributed by atoms with Crippen LogP contribution in [-0.2, 0) is 9.59 Å². The van der Waals surface area contributed by atoms with E-state index in [0.717, 1.165) is 4.90 Å². The molecule has 0 unspecified atom stereocenters. The highest BCUT2D eigenvalue weighted by Gasteiger charge is 2.43. The van der Waals surface area contributed by atoms with E-state index in [1.807, 2.05) is 0 Å². The second-order valence-corrected chi connectivity index (χ2v) is 5.95. The lowest BCUT2D eigenvalue weighted by molar-refractivity contribution is -0.286. The van der Waals surface area contributed by atoms with E-state index in [2.05, 4.69) is 14.8 Å². The molecule has 2 heterocycles. The fourth-order valence-corrected chi connectivity index (χ4v) is 2.86. The Morgan fingerprint density at radius 3 is 2.26 bits per heavy atom. The highest BCUT2D eigenvalue weighted by atomic mass is 19.3. The van der Waals surface area contributed by atoms with E-state index in [-0.39, 0.29) is 47.4 Å². The van der Waals surface area contributed by atoms with E-state index < -0.39 is 12.2 Å². The molecule has 2 aliphatic heterocycles. The Labute approximate surface area is 151 Å². The Balaban J connectivity index is 1.48. The van der Waals surface area contributed by atoms with Crippen LogP contribution in [0.2, 0.25) is 0 Å². The molecule has 9 heteroatoms. The van der Waals surface area contributed by atoms with Crippen molar-refractivity contribution >= 4 is 29.1 Å². The van der Waals surface area contributed by atoms with Gasteiger partial charge in [0.2, 0.25) is 11.8 Å². The number of nitrogens with one attached hydrogen (secondary N) is 1. The molecule has 3 amide bonds. The van der Waals surface area contributed by atoms with Gasteiger partial charge in [0.25, 0.3) is 5.91 Å². The Morgan fingerprint density at radius 2 is 1.59 bits per heavy atom. The lowest BCUT2D eigenvalue weighted by Gasteiger charge is -2.14. The summed E-state index contributed by atoms with van der Waals surface area (Å²) < 4.78 is 34.7. The number of fused-ring (bicyclic) bond motifs is 1. The third-order valence-corrected chi connectivity index (χ3v) is 4.10. The van der Waals surface area contributed by atoms with Crippen molar-refractivity contribution in [1.82, 2.24) is 0 Å². The van der Waals surface area contributed by atoms with Gasteiger partial charge in [-0.15, -0.1) is 8.78 Å². The Morgan fingerprint density at radius 1 is 0.963 bits per heavy atom. The van der Waals surface area contributed by atoms with Gasteiger partial charge in [0.05, 0.1) is 5.69 Å². The number of ether oxygens (including phenoxy) is 2. The molecular weight excluding hydrogens is 362 g/mol. The molecule has 0 atom stereocenters. The van der Waals surface area contributed by atoms with Gasteiger partial charge < -0.3 is 14.8 Å². The first-order valence-electron chi connectivity index (χ1n) is 7.99. The molecule has 1 fully saturated rings. The number of hydrogen-bond donors (Lipinski definition) is 1. The van der Waals surface area contributed by atoms with E-state index in [1.165, 1.54) is 42.5 Å². The van der Waals surface area contributed by atoms with Crippen molar-refractivity contribution in [3.05, 3.63) is 48.0 Å². The van der Waals surface area contributed by atoms with Crippen LogP contribution in [0.4, 0.5) is 20.2 Å². The largest absolute Gasteiger partial charge is 0.586 e. The molecule has 0 bridgehead atoms. The summed E-state index contributed by atoms with van der Waals surface area (Å²) in [4.78, 5) is 36.9. The van der Waals surface area contributed by atoms with Crippen LogP contribution >= 0.6 is 0 Å². The minimum Gasteiger partial charge on any atom is -0.395 e. The van der Waals surface area contributed by atoms with Gasteiger partial charge in [0.15, 0.2) is 11.5 Å². The van der Waals surface area contributed by atoms with Crippen LogP contribution in [0.1, 0.15) is 23.2 Å². The number of imide groups is 1. The maximum atomic E-state index is 13.0. The SMILES string of the molecule is O=C(Nc1ccc2c(c1)OC(F)(F)O2)c1ccc(N2C(=O)CCC2=O)cc1. The zero-order valence-corrected chi connectivity index (χ0v) is 13.7. The number of hydrogen-bond acceptors (Lipinski definition) is 5. The number of anilines is 2. The highest BCUT2D eigenvalue weighted by Crippen LogP contribution is 2.42. The van der Waals surface area contributed by atoms with Gasteiger partial charge >= 0.3 is 6.29 Å². The molecule has 7 nitrogen and oxygen atoms in total. The van der Waals surface area contributed by atoms with Crippen LogP contribution in [0.3, 0.4) is 0 Å². The Hall–Kier alpha value is -3.49. The Kier molecular flexibility index (Phi) is 3.79. The third kappa shape index (κ3) is 3.19. The van der Waals surface area contributed by atoms with Gasteiger partial charge in [-0.2, -0.15) is 0 Å². The van der Waals surface area contributed by atoms with Crippen LogP contribution in [-0.4, -0.2) is 24.0 Å². The van der Waals surface area contributed by atoms with Gasteiger partial charge in [0, 0.05) is 30.2 Å². The molecule has 0 aromatic heterocycles. The second-order valence-electron chi connectivity index (χ2n) is 5.95. The van der Waals surface area contributed by atoms with Gasteiger partial charge in [-0.25, -0.2) is 0 Å². The van der Waals surface area contributed by atoms with Crippen molar-refractivity contribution in [2.45, 2.75) is 19.1 Å². The predicted octanol–water partition coefficient (Wildman–Crippen LogP) is 2.91. The van der Waals surface area contributed by atoms with Crippen molar-refractivity contribution in [3.63, 3.8) is 0 Å². The first-order valence-corrected chi connectivity index (χ1v) is 7.99. The summed E-state index contributed by atoms with van der Waals surface area (Å²) in [7, 11) is 0. The molecule has 0 radical (unpaired) electrons. The van der Waals surface area contributed by atoms with Crippen LogP contribution in [0, 0.1) is 0 Å². The molecule has 1 N–H and O–H groups in total. The summed E-state index contributed by atoms with van der Waals surface area (Å²) >= 11 is 0. The standard InChI is InChI=1S/C18H12F2N2O5/c19-18(20)26-13-6-3-11(9-14(13)27-18)21-17(25)10-1-4-12(5-2-10)22-15(23)7-8-16(22)24/h1-6,9H,7-8H2,(H,21,25). The fourth-order valence-electron chi connectivity index (χ4n) is 2.86. The van der Waals surface area contributed by atoms with Gasteiger partial charge in [-0.05, 0) is 36.4 Å². The topological polar surface area (TPSA) is 84.9 Å². The van der Waals surface area contributed by atoms with E-state index in [0.29, 0.717) is 5.69 Å². The zero-order chi connectivity index (χ0) is 19.2. The summed E-state index contributed by atoms with van der Waals surface area (Å²) in [5.41, 5.74) is 0.902. The van der Waals surface area contributed by atoms with Gasteiger partial charge in [0.1, 0.15) is 0 Å². The molecule has 2 aliphatic rings. The summed E-state index contributed by atoms with van der Waals surface area (Å²) in [5, 5.41) is 2.55. The molecule has 0 saturated carbocycles. The Bertz CT molecular complexity index is 943. The molecule has 0 aliphatic carbocycles. The minimum atomic E-state index is -3.73. The van der Waals surface area contributed by atoms with E-state index in [9.17, 15) is 23.2 Å². The molecule has 138 valence electrons. The smallest absolute Gasteiger partial charge is 0.395 e. The van der Waals surface area contributed by atoms with E-state index in [4.69, 9.17) is 0 Å². The number of carbonyl (C=O) groups excluding carboxylic acids is 3. The highest BCUT2D eigenvalue weighted by molar-refractivity contribution is 6.20. The molecular formula is C18H12F2N2O5. The van der Waals surface area contributed by atoms with Crippen molar-refractivity contribution in [2.24, 2.45) is 0 Å². The number of amides is 3. The summed E-state index contributed by atoms with van der Waals surface area (Å²) in [6.45, 7) is 0. The molecule has 1 saturated heterocycles. The third-order valence-electron chi connectivity index (χ3n) is 4.10. The maximum Gasteiger partial charge on any atom is 0.586 e.